The first-order chi connectivity index (χ1) is 12.5. The fraction of sp³-hybridized carbons (Fsp3) is 0.750. The zero-order valence-electron chi connectivity index (χ0n) is 17.5. The standard InChI is InChI=1S/C24H39NO/c1-19(2)18-24(3,4)21-11-13-22(14-12-21)26-17-16-25-15-7-9-20-8-5-6-10-23(20)25/h11-14,19-20,23H,5-10,15-18H2,1-4H3. The predicted molar refractivity (Wildman–Crippen MR) is 111 cm³/mol. The lowest BCUT2D eigenvalue weighted by Crippen LogP contribution is -2.48. The Hall–Kier alpha value is -1.02. The summed E-state index contributed by atoms with van der Waals surface area (Å²) in [6.07, 6.45) is 9.78. The van der Waals surface area contributed by atoms with Crippen molar-refractivity contribution < 1.29 is 4.74 Å². The lowest BCUT2D eigenvalue weighted by molar-refractivity contribution is 0.0501. The van der Waals surface area contributed by atoms with Crippen molar-refractivity contribution in [1.82, 2.24) is 4.90 Å². The van der Waals surface area contributed by atoms with E-state index >= 15 is 0 Å². The van der Waals surface area contributed by atoms with Gasteiger partial charge in [0, 0.05) is 12.6 Å². The topological polar surface area (TPSA) is 12.5 Å². The van der Waals surface area contributed by atoms with Crippen molar-refractivity contribution >= 4 is 0 Å². The Bertz CT molecular complexity index is 546. The molecule has 1 aliphatic heterocycles. The second-order valence-corrected chi connectivity index (χ2v) is 9.64. The highest BCUT2D eigenvalue weighted by Gasteiger charge is 2.32. The van der Waals surface area contributed by atoms with E-state index in [1.807, 2.05) is 0 Å². The van der Waals surface area contributed by atoms with Crippen molar-refractivity contribution in [3.8, 4) is 5.75 Å². The number of likely N-dealkylation sites (tertiary alicyclic amines) is 1. The van der Waals surface area contributed by atoms with Crippen molar-refractivity contribution in [2.24, 2.45) is 11.8 Å². The van der Waals surface area contributed by atoms with E-state index in [0.717, 1.165) is 30.9 Å². The van der Waals surface area contributed by atoms with Crippen LogP contribution in [-0.4, -0.2) is 30.6 Å². The molecule has 1 saturated heterocycles. The van der Waals surface area contributed by atoms with Crippen LogP contribution < -0.4 is 4.74 Å². The molecule has 1 aromatic carbocycles. The number of hydrogen-bond donors (Lipinski definition) is 0. The molecule has 0 amide bonds. The van der Waals surface area contributed by atoms with Gasteiger partial charge in [-0.05, 0) is 73.6 Å². The lowest BCUT2D eigenvalue weighted by Gasteiger charge is -2.44. The summed E-state index contributed by atoms with van der Waals surface area (Å²) < 4.78 is 6.10. The highest BCUT2D eigenvalue weighted by Crippen LogP contribution is 2.35. The van der Waals surface area contributed by atoms with Crippen LogP contribution in [0.25, 0.3) is 0 Å². The summed E-state index contributed by atoms with van der Waals surface area (Å²) in [7, 11) is 0. The SMILES string of the molecule is CC(C)CC(C)(C)c1ccc(OCCN2CCCC3CCCCC32)cc1. The van der Waals surface area contributed by atoms with Crippen molar-refractivity contribution in [2.75, 3.05) is 19.7 Å². The highest BCUT2D eigenvalue weighted by atomic mass is 16.5. The fourth-order valence-electron chi connectivity index (χ4n) is 5.43. The van der Waals surface area contributed by atoms with Gasteiger partial charge >= 0.3 is 0 Å². The number of fused-ring (bicyclic) bond motifs is 1. The first-order valence-corrected chi connectivity index (χ1v) is 10.9. The summed E-state index contributed by atoms with van der Waals surface area (Å²) in [6.45, 7) is 12.5. The van der Waals surface area contributed by atoms with E-state index in [-0.39, 0.29) is 5.41 Å². The summed E-state index contributed by atoms with van der Waals surface area (Å²) in [5, 5.41) is 0. The summed E-state index contributed by atoms with van der Waals surface area (Å²) in [6, 6.07) is 9.68. The van der Waals surface area contributed by atoms with Crippen LogP contribution in [0.5, 0.6) is 5.75 Å². The molecule has 0 bridgehead atoms. The Morgan fingerprint density at radius 1 is 1.04 bits per heavy atom. The maximum atomic E-state index is 6.10. The summed E-state index contributed by atoms with van der Waals surface area (Å²) in [4.78, 5) is 2.72. The van der Waals surface area contributed by atoms with Gasteiger partial charge in [0.15, 0.2) is 0 Å². The molecule has 146 valence electrons. The molecule has 2 aliphatic rings. The van der Waals surface area contributed by atoms with Crippen molar-refractivity contribution in [1.29, 1.82) is 0 Å². The van der Waals surface area contributed by atoms with E-state index in [9.17, 15) is 0 Å². The van der Waals surface area contributed by atoms with Crippen LogP contribution in [0.3, 0.4) is 0 Å². The number of nitrogens with zero attached hydrogens (tertiary/aromatic N) is 1. The minimum Gasteiger partial charge on any atom is -0.492 e. The average molecular weight is 358 g/mol. The molecule has 0 spiro atoms. The third kappa shape index (κ3) is 5.03. The van der Waals surface area contributed by atoms with Gasteiger partial charge < -0.3 is 4.74 Å². The number of piperidine rings is 1. The van der Waals surface area contributed by atoms with Gasteiger partial charge in [0.25, 0.3) is 0 Å². The second-order valence-electron chi connectivity index (χ2n) is 9.64. The lowest BCUT2D eigenvalue weighted by atomic mass is 9.78. The monoisotopic (exact) mass is 357 g/mol. The zero-order chi connectivity index (χ0) is 18.6. The van der Waals surface area contributed by atoms with E-state index in [0.29, 0.717) is 5.92 Å². The predicted octanol–water partition coefficient (Wildman–Crippen LogP) is 6.04. The molecule has 0 radical (unpaired) electrons. The second kappa shape index (κ2) is 8.78. The normalized spacial score (nSPS) is 24.5. The fourth-order valence-corrected chi connectivity index (χ4v) is 5.43. The van der Waals surface area contributed by atoms with Crippen LogP contribution in [0.1, 0.15) is 78.2 Å². The Morgan fingerprint density at radius 3 is 2.46 bits per heavy atom. The van der Waals surface area contributed by atoms with Crippen LogP contribution in [0.2, 0.25) is 0 Å². The largest absolute Gasteiger partial charge is 0.492 e. The molecule has 2 atom stereocenters. The number of hydrogen-bond acceptors (Lipinski definition) is 2. The molecule has 1 aromatic rings. The molecule has 3 rings (SSSR count). The van der Waals surface area contributed by atoms with Crippen LogP contribution >= 0.6 is 0 Å². The third-order valence-corrected chi connectivity index (χ3v) is 6.56. The summed E-state index contributed by atoms with van der Waals surface area (Å²) >= 11 is 0. The van der Waals surface area contributed by atoms with Crippen LogP contribution in [0, 0.1) is 11.8 Å². The molecule has 26 heavy (non-hydrogen) atoms. The molecule has 2 heteroatoms. The average Bonchev–Trinajstić information content (AvgIpc) is 2.61. The first kappa shape index (κ1) is 19.7. The molecule has 1 saturated carbocycles. The van der Waals surface area contributed by atoms with Gasteiger partial charge in [-0.1, -0.05) is 52.7 Å². The van der Waals surface area contributed by atoms with Crippen molar-refractivity contribution in [3.05, 3.63) is 29.8 Å². The summed E-state index contributed by atoms with van der Waals surface area (Å²) in [5.74, 6) is 2.69. The molecule has 2 unspecified atom stereocenters. The smallest absolute Gasteiger partial charge is 0.119 e. The highest BCUT2D eigenvalue weighted by molar-refractivity contribution is 5.31. The third-order valence-electron chi connectivity index (χ3n) is 6.56. The Kier molecular flexibility index (Phi) is 6.66. The van der Waals surface area contributed by atoms with E-state index < -0.39 is 0 Å². The van der Waals surface area contributed by atoms with Crippen LogP contribution in [0.4, 0.5) is 0 Å². The van der Waals surface area contributed by atoms with Gasteiger partial charge in [-0.3, -0.25) is 4.90 Å². The zero-order valence-corrected chi connectivity index (χ0v) is 17.5. The molecule has 0 N–H and O–H groups in total. The number of ether oxygens (including phenoxy) is 1. The molecule has 2 fully saturated rings. The van der Waals surface area contributed by atoms with E-state index in [2.05, 4.69) is 56.9 Å². The molecule has 1 heterocycles. The summed E-state index contributed by atoms with van der Waals surface area (Å²) in [5.41, 5.74) is 1.65. The molecule has 2 nitrogen and oxygen atoms in total. The molecule has 1 aliphatic carbocycles. The minimum atomic E-state index is 0.233. The van der Waals surface area contributed by atoms with Crippen molar-refractivity contribution in [2.45, 2.75) is 84.1 Å². The van der Waals surface area contributed by atoms with Gasteiger partial charge in [-0.2, -0.15) is 0 Å². The molecular weight excluding hydrogens is 318 g/mol. The van der Waals surface area contributed by atoms with Gasteiger partial charge in [0.05, 0.1) is 0 Å². The van der Waals surface area contributed by atoms with E-state index in [4.69, 9.17) is 4.74 Å². The molecule has 0 aromatic heterocycles. The van der Waals surface area contributed by atoms with Gasteiger partial charge in [-0.25, -0.2) is 0 Å². The maximum absolute atomic E-state index is 6.10. The maximum Gasteiger partial charge on any atom is 0.119 e. The van der Waals surface area contributed by atoms with Gasteiger partial charge in [-0.15, -0.1) is 0 Å². The Labute approximate surface area is 161 Å². The van der Waals surface area contributed by atoms with Crippen LogP contribution in [0.15, 0.2) is 24.3 Å². The van der Waals surface area contributed by atoms with Crippen molar-refractivity contribution in [3.63, 3.8) is 0 Å². The van der Waals surface area contributed by atoms with Gasteiger partial charge in [0.2, 0.25) is 0 Å². The number of benzene rings is 1. The Balaban J connectivity index is 1.49. The van der Waals surface area contributed by atoms with Gasteiger partial charge in [0.1, 0.15) is 12.4 Å². The first-order valence-electron chi connectivity index (χ1n) is 10.9. The van der Waals surface area contributed by atoms with E-state index in [1.54, 1.807) is 0 Å². The quantitative estimate of drug-likeness (QED) is 0.589. The van der Waals surface area contributed by atoms with Crippen LogP contribution in [-0.2, 0) is 5.41 Å². The number of rotatable bonds is 7. The minimum absolute atomic E-state index is 0.233. The Morgan fingerprint density at radius 2 is 1.73 bits per heavy atom. The molecular formula is C24H39NO. The van der Waals surface area contributed by atoms with E-state index in [1.165, 1.54) is 57.1 Å².